The second kappa shape index (κ2) is 4.24. The standard InChI is InChI=1S/C11H14N2OS/c1-7(2)14-11-10(12)13-8-5-3-4-6-9(8)15-11/h3-7,11H,1-2H3,(H2,12,13). The molecule has 3 nitrogen and oxygen atoms in total. The summed E-state index contributed by atoms with van der Waals surface area (Å²) in [4.78, 5) is 5.45. The van der Waals surface area contributed by atoms with Crippen molar-refractivity contribution in [3.8, 4) is 0 Å². The van der Waals surface area contributed by atoms with Gasteiger partial charge in [-0.2, -0.15) is 0 Å². The second-order valence-electron chi connectivity index (χ2n) is 3.64. The van der Waals surface area contributed by atoms with Crippen LogP contribution in [0.5, 0.6) is 0 Å². The van der Waals surface area contributed by atoms with E-state index in [9.17, 15) is 0 Å². The van der Waals surface area contributed by atoms with Crippen molar-refractivity contribution < 1.29 is 4.74 Å². The number of hydrogen-bond donors (Lipinski definition) is 1. The van der Waals surface area contributed by atoms with Gasteiger partial charge in [0.05, 0.1) is 11.8 Å². The van der Waals surface area contributed by atoms with Crippen LogP contribution in [0, 0.1) is 0 Å². The SMILES string of the molecule is CC(C)OC1Sc2ccccc2N=C1N. The van der Waals surface area contributed by atoms with Crippen LogP contribution in [0.25, 0.3) is 0 Å². The van der Waals surface area contributed by atoms with Gasteiger partial charge in [0, 0.05) is 4.90 Å². The molecule has 0 saturated heterocycles. The zero-order valence-electron chi connectivity index (χ0n) is 8.81. The van der Waals surface area contributed by atoms with Crippen molar-refractivity contribution >= 4 is 23.3 Å². The molecule has 15 heavy (non-hydrogen) atoms. The van der Waals surface area contributed by atoms with Crippen molar-refractivity contribution in [2.75, 3.05) is 0 Å². The van der Waals surface area contributed by atoms with Gasteiger partial charge in [-0.3, -0.25) is 0 Å². The predicted molar refractivity (Wildman–Crippen MR) is 63.6 cm³/mol. The first-order valence-corrected chi connectivity index (χ1v) is 5.80. The lowest BCUT2D eigenvalue weighted by molar-refractivity contribution is 0.0911. The molecule has 2 N–H and O–H groups in total. The Morgan fingerprint density at radius 1 is 1.40 bits per heavy atom. The lowest BCUT2D eigenvalue weighted by Crippen LogP contribution is -2.32. The highest BCUT2D eigenvalue weighted by atomic mass is 32.2. The smallest absolute Gasteiger partial charge is 0.165 e. The Hall–Kier alpha value is -1.00. The van der Waals surface area contributed by atoms with Gasteiger partial charge in [-0.15, -0.1) is 0 Å². The first-order valence-electron chi connectivity index (χ1n) is 4.92. The Kier molecular flexibility index (Phi) is 2.98. The maximum atomic E-state index is 5.85. The lowest BCUT2D eigenvalue weighted by atomic mass is 10.3. The van der Waals surface area contributed by atoms with Gasteiger partial charge in [-0.1, -0.05) is 23.9 Å². The zero-order valence-corrected chi connectivity index (χ0v) is 9.62. The molecule has 1 atom stereocenters. The van der Waals surface area contributed by atoms with Crippen LogP contribution in [-0.2, 0) is 4.74 Å². The van der Waals surface area contributed by atoms with Crippen molar-refractivity contribution in [1.82, 2.24) is 0 Å². The normalized spacial score (nSPS) is 19.9. The van der Waals surface area contributed by atoms with E-state index in [-0.39, 0.29) is 11.5 Å². The third-order valence-electron chi connectivity index (χ3n) is 1.99. The van der Waals surface area contributed by atoms with Crippen LogP contribution in [0.1, 0.15) is 13.8 Å². The number of nitrogens with two attached hydrogens (primary N) is 1. The fourth-order valence-corrected chi connectivity index (χ4v) is 2.43. The molecule has 0 radical (unpaired) electrons. The number of ether oxygens (including phenoxy) is 1. The molecule has 1 unspecified atom stereocenters. The fourth-order valence-electron chi connectivity index (χ4n) is 1.36. The monoisotopic (exact) mass is 222 g/mol. The summed E-state index contributed by atoms with van der Waals surface area (Å²) in [5, 5.41) is 0. The number of benzene rings is 1. The summed E-state index contributed by atoms with van der Waals surface area (Å²) in [7, 11) is 0. The number of aliphatic imine (C=N–C) groups is 1. The zero-order chi connectivity index (χ0) is 10.8. The number of nitrogens with zero attached hydrogens (tertiary/aromatic N) is 1. The van der Waals surface area contributed by atoms with E-state index in [1.807, 2.05) is 38.1 Å². The number of hydrogen-bond acceptors (Lipinski definition) is 4. The molecular formula is C11H14N2OS. The van der Waals surface area contributed by atoms with Gasteiger partial charge < -0.3 is 10.5 Å². The fraction of sp³-hybridized carbons (Fsp3) is 0.364. The predicted octanol–water partition coefficient (Wildman–Crippen LogP) is 2.53. The summed E-state index contributed by atoms with van der Waals surface area (Å²) >= 11 is 1.62. The molecule has 0 fully saturated rings. The van der Waals surface area contributed by atoms with Crippen molar-refractivity contribution in [2.45, 2.75) is 30.3 Å². The van der Waals surface area contributed by atoms with Gasteiger partial charge in [0.25, 0.3) is 0 Å². The van der Waals surface area contributed by atoms with Crippen molar-refractivity contribution in [3.63, 3.8) is 0 Å². The minimum absolute atomic E-state index is 0.153. The molecule has 0 bridgehead atoms. The van der Waals surface area contributed by atoms with Crippen LogP contribution in [0.2, 0.25) is 0 Å². The Bertz CT molecular complexity index is 390. The minimum Gasteiger partial charge on any atom is -0.384 e. The van der Waals surface area contributed by atoms with Gasteiger partial charge in [-0.05, 0) is 26.0 Å². The van der Waals surface area contributed by atoms with Crippen molar-refractivity contribution in [1.29, 1.82) is 0 Å². The highest BCUT2D eigenvalue weighted by molar-refractivity contribution is 8.00. The maximum absolute atomic E-state index is 5.85. The van der Waals surface area contributed by atoms with E-state index in [0.717, 1.165) is 10.6 Å². The van der Waals surface area contributed by atoms with Crippen LogP contribution < -0.4 is 5.73 Å². The summed E-state index contributed by atoms with van der Waals surface area (Å²) in [6.07, 6.45) is 0.154. The Labute approximate surface area is 93.7 Å². The number of amidine groups is 1. The molecule has 1 aromatic carbocycles. The Morgan fingerprint density at radius 2 is 2.13 bits per heavy atom. The average Bonchev–Trinajstić information content (AvgIpc) is 2.18. The quantitative estimate of drug-likeness (QED) is 0.836. The molecule has 0 amide bonds. The van der Waals surface area contributed by atoms with E-state index >= 15 is 0 Å². The molecular weight excluding hydrogens is 208 g/mol. The highest BCUT2D eigenvalue weighted by Gasteiger charge is 2.22. The molecule has 0 saturated carbocycles. The second-order valence-corrected chi connectivity index (χ2v) is 4.74. The Morgan fingerprint density at radius 3 is 2.87 bits per heavy atom. The van der Waals surface area contributed by atoms with Gasteiger partial charge in [0.2, 0.25) is 0 Å². The highest BCUT2D eigenvalue weighted by Crippen LogP contribution is 2.37. The number of fused-ring (bicyclic) bond motifs is 1. The molecule has 2 rings (SSSR count). The summed E-state index contributed by atoms with van der Waals surface area (Å²) in [6, 6.07) is 7.95. The van der Waals surface area contributed by atoms with E-state index in [2.05, 4.69) is 4.99 Å². The molecule has 0 aromatic heterocycles. The number of para-hydroxylation sites is 1. The number of thioether (sulfide) groups is 1. The van der Waals surface area contributed by atoms with Gasteiger partial charge in [0.1, 0.15) is 5.84 Å². The number of rotatable bonds is 2. The van der Waals surface area contributed by atoms with Crippen LogP contribution >= 0.6 is 11.8 Å². The van der Waals surface area contributed by atoms with Gasteiger partial charge >= 0.3 is 0 Å². The molecule has 1 aliphatic heterocycles. The van der Waals surface area contributed by atoms with Crippen LogP contribution in [-0.4, -0.2) is 17.4 Å². The van der Waals surface area contributed by atoms with Crippen LogP contribution in [0.4, 0.5) is 5.69 Å². The minimum atomic E-state index is -0.153. The van der Waals surface area contributed by atoms with Crippen molar-refractivity contribution in [2.24, 2.45) is 10.7 Å². The van der Waals surface area contributed by atoms with Gasteiger partial charge in [-0.25, -0.2) is 4.99 Å². The maximum Gasteiger partial charge on any atom is 0.165 e. The Balaban J connectivity index is 2.24. The summed E-state index contributed by atoms with van der Waals surface area (Å²) < 4.78 is 5.67. The van der Waals surface area contributed by atoms with Crippen molar-refractivity contribution in [3.05, 3.63) is 24.3 Å². The summed E-state index contributed by atoms with van der Waals surface area (Å²) in [5.74, 6) is 0.549. The summed E-state index contributed by atoms with van der Waals surface area (Å²) in [6.45, 7) is 3.99. The third kappa shape index (κ3) is 2.33. The van der Waals surface area contributed by atoms with E-state index in [4.69, 9.17) is 10.5 Å². The van der Waals surface area contributed by atoms with Crippen LogP contribution in [0.15, 0.2) is 34.2 Å². The molecule has 1 aliphatic rings. The van der Waals surface area contributed by atoms with E-state index < -0.39 is 0 Å². The topological polar surface area (TPSA) is 47.6 Å². The first-order chi connectivity index (χ1) is 7.16. The largest absolute Gasteiger partial charge is 0.384 e. The van der Waals surface area contributed by atoms with E-state index in [1.54, 1.807) is 11.8 Å². The molecule has 80 valence electrons. The molecule has 0 aliphatic carbocycles. The summed E-state index contributed by atoms with van der Waals surface area (Å²) in [5.41, 5.74) is 6.63. The van der Waals surface area contributed by atoms with Crippen LogP contribution in [0.3, 0.4) is 0 Å². The lowest BCUT2D eigenvalue weighted by Gasteiger charge is -2.23. The molecule has 1 heterocycles. The molecule has 0 spiro atoms. The average molecular weight is 222 g/mol. The third-order valence-corrected chi connectivity index (χ3v) is 3.15. The van der Waals surface area contributed by atoms with Gasteiger partial charge in [0.15, 0.2) is 5.44 Å². The first kappa shape index (κ1) is 10.5. The van der Waals surface area contributed by atoms with E-state index in [1.165, 1.54) is 0 Å². The molecule has 1 aromatic rings. The van der Waals surface area contributed by atoms with E-state index in [0.29, 0.717) is 5.84 Å². The molecule has 4 heteroatoms.